The second kappa shape index (κ2) is 9.17. The van der Waals surface area contributed by atoms with Crippen LogP contribution < -0.4 is 10.2 Å². The molecule has 1 saturated heterocycles. The van der Waals surface area contributed by atoms with Gasteiger partial charge in [0.15, 0.2) is 0 Å². The van der Waals surface area contributed by atoms with E-state index in [1.165, 1.54) is 5.56 Å². The highest BCUT2D eigenvalue weighted by Gasteiger charge is 2.24. The lowest BCUT2D eigenvalue weighted by atomic mass is 10.1. The Hall–Kier alpha value is -3.87. The van der Waals surface area contributed by atoms with Gasteiger partial charge in [0.25, 0.3) is 0 Å². The summed E-state index contributed by atoms with van der Waals surface area (Å²) in [6, 6.07) is 18.4. The van der Waals surface area contributed by atoms with Gasteiger partial charge >= 0.3 is 0 Å². The van der Waals surface area contributed by atoms with Crippen molar-refractivity contribution in [2.45, 2.75) is 20.3 Å². The molecule has 0 aliphatic carbocycles. The van der Waals surface area contributed by atoms with E-state index in [0.29, 0.717) is 38.5 Å². The van der Waals surface area contributed by atoms with Gasteiger partial charge in [0.05, 0.1) is 6.42 Å². The molecule has 1 N–H and O–H groups in total. The standard InChI is InChI=1S/C27H30N6O/c1-19-8-10-22(11-9-19)29-25-16-20(2)28-27(30-25)33-14-12-32(13-15-33)26(34)17-21-18-31(3)24-7-5-4-6-23(21)24/h4-11,16,18H,12-15,17H2,1-3H3,(H,28,29,30). The molecule has 4 aromatic rings. The van der Waals surface area contributed by atoms with E-state index in [0.717, 1.165) is 33.7 Å². The van der Waals surface area contributed by atoms with Gasteiger partial charge in [-0.1, -0.05) is 35.9 Å². The number of aromatic nitrogens is 3. The summed E-state index contributed by atoms with van der Waals surface area (Å²) in [6.07, 6.45) is 2.49. The Balaban J connectivity index is 1.23. The molecule has 3 heterocycles. The summed E-state index contributed by atoms with van der Waals surface area (Å²) >= 11 is 0. The van der Waals surface area contributed by atoms with E-state index in [9.17, 15) is 4.79 Å². The lowest BCUT2D eigenvalue weighted by Crippen LogP contribution is -2.49. The summed E-state index contributed by atoms with van der Waals surface area (Å²) in [5.74, 6) is 1.65. The van der Waals surface area contributed by atoms with Crippen LogP contribution in [0, 0.1) is 13.8 Å². The molecule has 1 amide bonds. The van der Waals surface area contributed by atoms with E-state index in [1.54, 1.807) is 0 Å². The summed E-state index contributed by atoms with van der Waals surface area (Å²) in [7, 11) is 2.03. The van der Waals surface area contributed by atoms with Gasteiger partial charge in [-0.25, -0.2) is 4.98 Å². The second-order valence-corrected chi connectivity index (χ2v) is 9.01. The van der Waals surface area contributed by atoms with Crippen LogP contribution in [-0.2, 0) is 18.3 Å². The zero-order valence-corrected chi connectivity index (χ0v) is 20.0. The second-order valence-electron chi connectivity index (χ2n) is 9.01. The maximum atomic E-state index is 13.1. The molecular formula is C27H30N6O. The summed E-state index contributed by atoms with van der Waals surface area (Å²) in [5, 5.41) is 4.53. The van der Waals surface area contributed by atoms with Crippen LogP contribution in [0.3, 0.4) is 0 Å². The molecule has 0 bridgehead atoms. The SMILES string of the molecule is Cc1ccc(Nc2cc(C)nc(N3CCN(C(=O)Cc4cn(C)c5ccccc45)CC3)n2)cc1. The van der Waals surface area contributed by atoms with Crippen LogP contribution in [0.5, 0.6) is 0 Å². The average Bonchev–Trinajstić information content (AvgIpc) is 3.15. The molecule has 1 aliphatic heterocycles. The van der Waals surface area contributed by atoms with Gasteiger partial charge in [0.1, 0.15) is 5.82 Å². The van der Waals surface area contributed by atoms with Crippen molar-refractivity contribution < 1.29 is 4.79 Å². The molecule has 0 radical (unpaired) electrons. The fourth-order valence-electron chi connectivity index (χ4n) is 4.54. The monoisotopic (exact) mass is 454 g/mol. The number of hydrogen-bond donors (Lipinski definition) is 1. The summed E-state index contributed by atoms with van der Waals surface area (Å²) in [5.41, 5.74) is 5.37. The number of nitrogens with one attached hydrogen (secondary N) is 1. The molecule has 0 spiro atoms. The van der Waals surface area contributed by atoms with Crippen molar-refractivity contribution in [2.24, 2.45) is 7.05 Å². The Labute approximate surface area is 200 Å². The summed E-state index contributed by atoms with van der Waals surface area (Å²) in [6.45, 7) is 6.82. The number of rotatable bonds is 5. The maximum absolute atomic E-state index is 13.1. The fourth-order valence-corrected chi connectivity index (χ4v) is 4.54. The molecule has 1 aliphatic rings. The van der Waals surface area contributed by atoms with Crippen molar-refractivity contribution in [3.63, 3.8) is 0 Å². The molecule has 0 unspecified atom stereocenters. The molecule has 0 atom stereocenters. The van der Waals surface area contributed by atoms with Crippen molar-refractivity contribution in [2.75, 3.05) is 36.4 Å². The number of hydrogen-bond acceptors (Lipinski definition) is 5. The Morgan fingerprint density at radius 2 is 1.71 bits per heavy atom. The van der Waals surface area contributed by atoms with Crippen molar-refractivity contribution in [3.05, 3.63) is 77.6 Å². The molecule has 174 valence electrons. The van der Waals surface area contributed by atoms with Crippen LogP contribution in [0.2, 0.25) is 0 Å². The Morgan fingerprint density at radius 3 is 2.47 bits per heavy atom. The Kier molecular flexibility index (Phi) is 5.92. The van der Waals surface area contributed by atoms with Crippen LogP contribution in [0.4, 0.5) is 17.5 Å². The minimum Gasteiger partial charge on any atom is -0.350 e. The first-order valence-electron chi connectivity index (χ1n) is 11.7. The van der Waals surface area contributed by atoms with Crippen LogP contribution in [0.25, 0.3) is 10.9 Å². The predicted molar refractivity (Wildman–Crippen MR) is 137 cm³/mol. The molecule has 2 aromatic heterocycles. The van der Waals surface area contributed by atoms with E-state index < -0.39 is 0 Å². The normalized spacial score (nSPS) is 14.0. The lowest BCUT2D eigenvalue weighted by Gasteiger charge is -2.35. The van der Waals surface area contributed by atoms with E-state index in [2.05, 4.69) is 57.2 Å². The number of benzene rings is 2. The zero-order valence-electron chi connectivity index (χ0n) is 20.0. The largest absolute Gasteiger partial charge is 0.350 e. The highest BCUT2D eigenvalue weighted by atomic mass is 16.2. The van der Waals surface area contributed by atoms with Crippen molar-refractivity contribution in [1.29, 1.82) is 0 Å². The molecule has 2 aromatic carbocycles. The van der Waals surface area contributed by atoms with E-state index >= 15 is 0 Å². The molecule has 1 fully saturated rings. The summed E-state index contributed by atoms with van der Waals surface area (Å²) in [4.78, 5) is 26.6. The molecule has 34 heavy (non-hydrogen) atoms. The molecule has 0 saturated carbocycles. The number of fused-ring (bicyclic) bond motifs is 1. The minimum absolute atomic E-state index is 0.169. The van der Waals surface area contributed by atoms with Gasteiger partial charge in [0, 0.05) is 67.8 Å². The quantitative estimate of drug-likeness (QED) is 0.489. The fraction of sp³-hybridized carbons (Fsp3) is 0.296. The van der Waals surface area contributed by atoms with Gasteiger partial charge in [-0.15, -0.1) is 0 Å². The molecule has 5 rings (SSSR count). The number of amides is 1. The average molecular weight is 455 g/mol. The third-order valence-electron chi connectivity index (χ3n) is 6.40. The number of nitrogens with zero attached hydrogens (tertiary/aromatic N) is 5. The smallest absolute Gasteiger partial charge is 0.227 e. The van der Waals surface area contributed by atoms with Crippen LogP contribution in [0.15, 0.2) is 60.8 Å². The number of carbonyl (C=O) groups excluding carboxylic acids is 1. The number of piperazine rings is 1. The summed E-state index contributed by atoms with van der Waals surface area (Å²) < 4.78 is 2.09. The third kappa shape index (κ3) is 4.59. The first-order chi connectivity index (χ1) is 16.5. The first kappa shape index (κ1) is 21.9. The lowest BCUT2D eigenvalue weighted by molar-refractivity contribution is -0.130. The number of carbonyl (C=O) groups is 1. The highest BCUT2D eigenvalue weighted by molar-refractivity contribution is 5.89. The van der Waals surface area contributed by atoms with Gasteiger partial charge in [0.2, 0.25) is 11.9 Å². The topological polar surface area (TPSA) is 66.3 Å². The van der Waals surface area contributed by atoms with Gasteiger partial charge in [-0.05, 0) is 37.6 Å². The van der Waals surface area contributed by atoms with Gasteiger partial charge in [-0.3, -0.25) is 4.79 Å². The number of para-hydroxylation sites is 1. The van der Waals surface area contributed by atoms with Crippen LogP contribution in [0.1, 0.15) is 16.8 Å². The van der Waals surface area contributed by atoms with Gasteiger partial charge < -0.3 is 19.7 Å². The van der Waals surface area contributed by atoms with Crippen molar-refractivity contribution >= 4 is 34.3 Å². The van der Waals surface area contributed by atoms with Crippen molar-refractivity contribution in [1.82, 2.24) is 19.4 Å². The zero-order chi connectivity index (χ0) is 23.7. The molecule has 7 heteroatoms. The van der Waals surface area contributed by atoms with Crippen molar-refractivity contribution in [3.8, 4) is 0 Å². The van der Waals surface area contributed by atoms with E-state index in [-0.39, 0.29) is 5.91 Å². The number of aryl methyl sites for hydroxylation is 3. The van der Waals surface area contributed by atoms with E-state index in [4.69, 9.17) is 4.98 Å². The third-order valence-corrected chi connectivity index (χ3v) is 6.40. The van der Waals surface area contributed by atoms with Crippen LogP contribution in [-0.4, -0.2) is 51.5 Å². The Morgan fingerprint density at radius 1 is 0.971 bits per heavy atom. The Bertz CT molecular complexity index is 1320. The van der Waals surface area contributed by atoms with E-state index in [1.807, 2.05) is 49.2 Å². The molecular weight excluding hydrogens is 424 g/mol. The molecule has 7 nitrogen and oxygen atoms in total. The first-order valence-corrected chi connectivity index (χ1v) is 11.7. The predicted octanol–water partition coefficient (Wildman–Crippen LogP) is 4.22. The maximum Gasteiger partial charge on any atom is 0.227 e. The van der Waals surface area contributed by atoms with Crippen LogP contribution >= 0.6 is 0 Å². The highest BCUT2D eigenvalue weighted by Crippen LogP contribution is 2.23. The van der Waals surface area contributed by atoms with Gasteiger partial charge in [-0.2, -0.15) is 4.98 Å². The number of anilines is 3. The minimum atomic E-state index is 0.169.